The second-order valence-corrected chi connectivity index (χ2v) is 9.48. The maximum atomic E-state index is 12.4. The van der Waals surface area contributed by atoms with Crippen LogP contribution < -0.4 is 0 Å². The summed E-state index contributed by atoms with van der Waals surface area (Å²) in [7, 11) is 0. The number of non-ortho nitro benzene ring substituents is 1. The summed E-state index contributed by atoms with van der Waals surface area (Å²) in [4.78, 5) is 27.1. The first kappa shape index (κ1) is 21.4. The topological polar surface area (TPSA) is 81.8 Å². The summed E-state index contributed by atoms with van der Waals surface area (Å²) < 4.78 is 5.46. The molecule has 1 aliphatic rings. The van der Waals surface area contributed by atoms with Gasteiger partial charge in [0.2, 0.25) is 5.90 Å². The molecule has 0 saturated heterocycles. The highest BCUT2D eigenvalue weighted by atomic mass is 16.6. The average Bonchev–Trinajstić information content (AvgIpc) is 3.01. The summed E-state index contributed by atoms with van der Waals surface area (Å²) in [6.45, 7) is 12.8. The van der Waals surface area contributed by atoms with E-state index < -0.39 is 10.9 Å². The monoisotopic (exact) mass is 406 g/mol. The first-order chi connectivity index (χ1) is 13.8. The van der Waals surface area contributed by atoms with Crippen LogP contribution in [0.2, 0.25) is 0 Å². The molecule has 0 spiro atoms. The summed E-state index contributed by atoms with van der Waals surface area (Å²) in [6, 6.07) is 12.1. The molecule has 0 aliphatic carbocycles. The van der Waals surface area contributed by atoms with Gasteiger partial charge in [-0.25, -0.2) is 9.79 Å². The third-order valence-corrected chi connectivity index (χ3v) is 4.94. The van der Waals surface area contributed by atoms with Crippen LogP contribution in [0.4, 0.5) is 5.69 Å². The number of hydrogen-bond donors (Lipinski definition) is 0. The minimum atomic E-state index is -0.540. The second kappa shape index (κ2) is 7.52. The Morgan fingerprint density at radius 3 is 1.93 bits per heavy atom. The van der Waals surface area contributed by atoms with Crippen LogP contribution in [0.5, 0.6) is 0 Å². The van der Waals surface area contributed by atoms with Crippen molar-refractivity contribution in [3.8, 4) is 0 Å². The predicted octanol–water partition coefficient (Wildman–Crippen LogP) is 5.53. The first-order valence-corrected chi connectivity index (χ1v) is 9.78. The number of carbonyl (C=O) groups excluding carboxylic acids is 1. The quantitative estimate of drug-likeness (QED) is 0.290. The molecule has 0 atom stereocenters. The summed E-state index contributed by atoms with van der Waals surface area (Å²) in [5.41, 5.74) is 3.67. The molecular formula is C24H26N2O4. The van der Waals surface area contributed by atoms with Crippen LogP contribution in [0.1, 0.15) is 63.8 Å². The molecule has 2 aromatic rings. The van der Waals surface area contributed by atoms with E-state index in [2.05, 4.69) is 52.6 Å². The third-order valence-electron chi connectivity index (χ3n) is 4.94. The van der Waals surface area contributed by atoms with E-state index in [0.29, 0.717) is 5.56 Å². The fraction of sp³-hybridized carbons (Fsp3) is 0.333. The number of esters is 1. The van der Waals surface area contributed by atoms with E-state index in [1.54, 1.807) is 18.2 Å². The minimum Gasteiger partial charge on any atom is -0.402 e. The summed E-state index contributed by atoms with van der Waals surface area (Å²) in [5, 5.41) is 10.8. The summed E-state index contributed by atoms with van der Waals surface area (Å²) in [5.74, 6) is -0.272. The lowest BCUT2D eigenvalue weighted by molar-refractivity contribution is -0.384. The molecule has 156 valence electrons. The Labute approximate surface area is 176 Å². The highest BCUT2D eigenvalue weighted by molar-refractivity contribution is 6.13. The van der Waals surface area contributed by atoms with Crippen LogP contribution in [0.25, 0.3) is 6.08 Å². The molecule has 6 heteroatoms. The molecule has 2 aromatic carbocycles. The molecule has 0 unspecified atom stereocenters. The van der Waals surface area contributed by atoms with Gasteiger partial charge < -0.3 is 4.74 Å². The van der Waals surface area contributed by atoms with Gasteiger partial charge in [0.15, 0.2) is 5.70 Å². The van der Waals surface area contributed by atoms with E-state index >= 15 is 0 Å². The van der Waals surface area contributed by atoms with Crippen molar-refractivity contribution in [3.63, 3.8) is 0 Å². The smallest absolute Gasteiger partial charge is 0.363 e. The molecule has 0 aromatic heterocycles. The van der Waals surface area contributed by atoms with E-state index in [4.69, 9.17) is 4.74 Å². The van der Waals surface area contributed by atoms with Gasteiger partial charge in [-0.2, -0.15) is 0 Å². The van der Waals surface area contributed by atoms with E-state index in [9.17, 15) is 14.9 Å². The van der Waals surface area contributed by atoms with Crippen LogP contribution in [0.15, 0.2) is 53.2 Å². The van der Waals surface area contributed by atoms with Gasteiger partial charge in [-0.3, -0.25) is 10.1 Å². The molecular weight excluding hydrogens is 380 g/mol. The summed E-state index contributed by atoms with van der Waals surface area (Å²) >= 11 is 0. The minimum absolute atomic E-state index is 0.0101. The van der Waals surface area contributed by atoms with Crippen LogP contribution in [-0.2, 0) is 20.4 Å². The number of rotatable bonds is 3. The Morgan fingerprint density at radius 2 is 1.47 bits per heavy atom. The van der Waals surface area contributed by atoms with Gasteiger partial charge in [-0.1, -0.05) is 47.6 Å². The molecule has 0 bridgehead atoms. The number of hydrogen-bond acceptors (Lipinski definition) is 5. The average molecular weight is 406 g/mol. The molecule has 1 aliphatic heterocycles. The summed E-state index contributed by atoms with van der Waals surface area (Å²) in [6.07, 6.45) is 1.57. The normalized spacial score (nSPS) is 15.9. The van der Waals surface area contributed by atoms with E-state index in [1.165, 1.54) is 12.1 Å². The lowest BCUT2D eigenvalue weighted by Crippen LogP contribution is -2.18. The Hall–Kier alpha value is -3.28. The highest BCUT2D eigenvalue weighted by Gasteiger charge is 2.27. The second-order valence-electron chi connectivity index (χ2n) is 9.48. The molecule has 3 rings (SSSR count). The standard InChI is InChI=1S/C24H26N2O4/c1-23(2,3)17-12-16(13-18(14-17)24(4,5)6)21-25-20(22(27)30-21)11-15-7-9-19(10-8-15)26(28)29/h7-14H,1-6H3/b20-11+. The third kappa shape index (κ3) is 4.64. The number of cyclic esters (lactones) is 1. The first-order valence-electron chi connectivity index (χ1n) is 9.78. The Balaban J connectivity index is 2.02. The lowest BCUT2D eigenvalue weighted by atomic mass is 9.79. The van der Waals surface area contributed by atoms with Crippen LogP contribution in [0.3, 0.4) is 0 Å². The van der Waals surface area contributed by atoms with Crippen LogP contribution >= 0.6 is 0 Å². The number of nitro benzene ring substituents is 1. The van der Waals surface area contributed by atoms with Gasteiger partial charge in [-0.15, -0.1) is 0 Å². The van der Waals surface area contributed by atoms with Crippen LogP contribution in [-0.4, -0.2) is 16.8 Å². The van der Waals surface area contributed by atoms with Crippen molar-refractivity contribution >= 4 is 23.6 Å². The van der Waals surface area contributed by atoms with Crippen molar-refractivity contribution in [2.75, 3.05) is 0 Å². The Kier molecular flexibility index (Phi) is 5.37. The van der Waals surface area contributed by atoms with Gasteiger partial charge in [0.1, 0.15) is 0 Å². The van der Waals surface area contributed by atoms with Crippen LogP contribution in [0, 0.1) is 10.1 Å². The maximum Gasteiger partial charge on any atom is 0.363 e. The molecule has 0 N–H and O–H groups in total. The van der Waals surface area contributed by atoms with E-state index in [0.717, 1.165) is 16.7 Å². The van der Waals surface area contributed by atoms with Crippen molar-refractivity contribution in [2.45, 2.75) is 52.4 Å². The molecule has 1 heterocycles. The largest absolute Gasteiger partial charge is 0.402 e. The van der Waals surface area contributed by atoms with Crippen molar-refractivity contribution in [1.29, 1.82) is 0 Å². The Bertz CT molecular complexity index is 1030. The molecule has 6 nitrogen and oxygen atoms in total. The molecule has 0 saturated carbocycles. The molecule has 0 fully saturated rings. The predicted molar refractivity (Wildman–Crippen MR) is 118 cm³/mol. The zero-order valence-corrected chi connectivity index (χ0v) is 18.1. The highest BCUT2D eigenvalue weighted by Crippen LogP contribution is 2.31. The zero-order chi connectivity index (χ0) is 22.3. The number of ether oxygens (including phenoxy) is 1. The van der Waals surface area contributed by atoms with Gasteiger partial charge in [-0.05, 0) is 57.9 Å². The van der Waals surface area contributed by atoms with Gasteiger partial charge in [0.25, 0.3) is 5.69 Å². The van der Waals surface area contributed by atoms with Crippen molar-refractivity contribution in [1.82, 2.24) is 0 Å². The number of benzene rings is 2. The fourth-order valence-electron chi connectivity index (χ4n) is 3.00. The lowest BCUT2D eigenvalue weighted by Gasteiger charge is -2.26. The van der Waals surface area contributed by atoms with Gasteiger partial charge >= 0.3 is 5.97 Å². The van der Waals surface area contributed by atoms with Crippen molar-refractivity contribution < 1.29 is 14.5 Å². The zero-order valence-electron chi connectivity index (χ0n) is 18.1. The van der Waals surface area contributed by atoms with Crippen molar-refractivity contribution in [3.05, 3.63) is 80.5 Å². The Morgan fingerprint density at radius 1 is 0.933 bits per heavy atom. The van der Waals surface area contributed by atoms with Gasteiger partial charge in [0.05, 0.1) is 4.92 Å². The molecule has 0 radical (unpaired) electrons. The number of carbonyl (C=O) groups is 1. The van der Waals surface area contributed by atoms with Gasteiger partial charge in [0, 0.05) is 17.7 Å². The molecule has 30 heavy (non-hydrogen) atoms. The van der Waals surface area contributed by atoms with E-state index in [-0.39, 0.29) is 28.1 Å². The number of nitro groups is 1. The SMILES string of the molecule is CC(C)(C)c1cc(C2=N/C(=C/c3ccc([N+](=O)[O-])cc3)C(=O)O2)cc(C(C)(C)C)c1. The van der Waals surface area contributed by atoms with Crippen molar-refractivity contribution in [2.24, 2.45) is 4.99 Å². The number of aliphatic imine (C=N–C) groups is 1. The molecule has 0 amide bonds. The van der Waals surface area contributed by atoms with E-state index in [1.807, 2.05) is 12.1 Å². The maximum absolute atomic E-state index is 12.4. The fourth-order valence-corrected chi connectivity index (χ4v) is 3.00. The number of nitrogens with zero attached hydrogens (tertiary/aromatic N) is 2.